The summed E-state index contributed by atoms with van der Waals surface area (Å²) in [5.41, 5.74) is 3.08. The summed E-state index contributed by atoms with van der Waals surface area (Å²) in [6, 6.07) is 23.8. The highest BCUT2D eigenvalue weighted by Crippen LogP contribution is 2.38. The van der Waals surface area contributed by atoms with Crippen LogP contribution in [0.15, 0.2) is 78.9 Å². The van der Waals surface area contributed by atoms with Crippen molar-refractivity contribution in [3.05, 3.63) is 95.6 Å². The molecule has 0 spiro atoms. The molecule has 0 heterocycles. The first kappa shape index (κ1) is 22.9. The number of carbonyl (C=O) groups is 1. The van der Waals surface area contributed by atoms with Gasteiger partial charge in [0, 0.05) is 19.2 Å². The van der Waals surface area contributed by atoms with Crippen molar-refractivity contribution in [3.8, 4) is 17.2 Å². The van der Waals surface area contributed by atoms with E-state index in [1.165, 1.54) is 5.56 Å². The van der Waals surface area contributed by atoms with E-state index in [4.69, 9.17) is 14.2 Å². The third-order valence-electron chi connectivity index (χ3n) is 5.15. The molecular formula is C27H29NO4. The Kier molecular flexibility index (Phi) is 8.32. The molecule has 1 amide bonds. The number of amides is 1. The summed E-state index contributed by atoms with van der Waals surface area (Å²) in [7, 11) is 4.70. The van der Waals surface area contributed by atoms with Crippen molar-refractivity contribution >= 4 is 12.0 Å². The Morgan fingerprint density at radius 3 is 1.91 bits per heavy atom. The molecule has 3 aromatic rings. The van der Waals surface area contributed by atoms with Gasteiger partial charge < -0.3 is 19.1 Å². The Morgan fingerprint density at radius 2 is 1.38 bits per heavy atom. The van der Waals surface area contributed by atoms with E-state index in [0.717, 1.165) is 17.5 Å². The van der Waals surface area contributed by atoms with Crippen LogP contribution in [0.2, 0.25) is 0 Å². The first-order valence-corrected chi connectivity index (χ1v) is 10.5. The lowest BCUT2D eigenvalue weighted by molar-refractivity contribution is -0.126. The van der Waals surface area contributed by atoms with Crippen LogP contribution in [-0.4, -0.2) is 38.7 Å². The summed E-state index contributed by atoms with van der Waals surface area (Å²) >= 11 is 0. The third-order valence-corrected chi connectivity index (χ3v) is 5.15. The molecular weight excluding hydrogens is 402 g/mol. The second-order valence-corrected chi connectivity index (χ2v) is 7.27. The van der Waals surface area contributed by atoms with E-state index in [-0.39, 0.29) is 5.91 Å². The van der Waals surface area contributed by atoms with Crippen LogP contribution < -0.4 is 14.2 Å². The molecule has 0 saturated heterocycles. The van der Waals surface area contributed by atoms with E-state index in [2.05, 4.69) is 12.1 Å². The molecule has 3 aromatic carbocycles. The molecule has 32 heavy (non-hydrogen) atoms. The van der Waals surface area contributed by atoms with E-state index >= 15 is 0 Å². The van der Waals surface area contributed by atoms with Gasteiger partial charge in [-0.2, -0.15) is 0 Å². The Hall–Kier alpha value is -3.73. The average Bonchev–Trinajstić information content (AvgIpc) is 2.85. The van der Waals surface area contributed by atoms with Gasteiger partial charge in [0.15, 0.2) is 11.5 Å². The van der Waals surface area contributed by atoms with E-state index < -0.39 is 0 Å². The van der Waals surface area contributed by atoms with Crippen LogP contribution in [0.25, 0.3) is 6.08 Å². The van der Waals surface area contributed by atoms with Crippen LogP contribution >= 0.6 is 0 Å². The van der Waals surface area contributed by atoms with Crippen LogP contribution in [0, 0.1) is 0 Å². The van der Waals surface area contributed by atoms with Gasteiger partial charge in [-0.3, -0.25) is 4.79 Å². The van der Waals surface area contributed by atoms with Gasteiger partial charge in [0.05, 0.1) is 21.3 Å². The predicted octanol–water partition coefficient (Wildman–Crippen LogP) is 5.00. The van der Waals surface area contributed by atoms with Crippen molar-refractivity contribution in [1.29, 1.82) is 0 Å². The molecule has 0 unspecified atom stereocenters. The maximum absolute atomic E-state index is 13.1. The highest BCUT2D eigenvalue weighted by molar-refractivity contribution is 5.92. The largest absolute Gasteiger partial charge is 0.493 e. The topological polar surface area (TPSA) is 48.0 Å². The molecule has 5 heteroatoms. The van der Waals surface area contributed by atoms with Crippen LogP contribution in [0.4, 0.5) is 0 Å². The highest BCUT2D eigenvalue weighted by atomic mass is 16.5. The molecule has 5 nitrogen and oxygen atoms in total. The van der Waals surface area contributed by atoms with Crippen molar-refractivity contribution in [2.75, 3.05) is 27.9 Å². The van der Waals surface area contributed by atoms with Gasteiger partial charge >= 0.3 is 0 Å². The molecule has 3 rings (SSSR count). The predicted molar refractivity (Wildman–Crippen MR) is 127 cm³/mol. The van der Waals surface area contributed by atoms with Gasteiger partial charge in [0.2, 0.25) is 11.7 Å². The number of rotatable bonds is 10. The zero-order valence-corrected chi connectivity index (χ0v) is 18.8. The van der Waals surface area contributed by atoms with Crippen molar-refractivity contribution in [2.24, 2.45) is 0 Å². The number of nitrogens with zero attached hydrogens (tertiary/aromatic N) is 1. The first-order chi connectivity index (χ1) is 15.6. The second kappa shape index (κ2) is 11.6. The van der Waals surface area contributed by atoms with Crippen LogP contribution in [-0.2, 0) is 17.8 Å². The van der Waals surface area contributed by atoms with Gasteiger partial charge in [-0.15, -0.1) is 0 Å². The Bertz CT molecular complexity index is 1010. The summed E-state index contributed by atoms with van der Waals surface area (Å²) in [5, 5.41) is 0. The number of hydrogen-bond acceptors (Lipinski definition) is 4. The smallest absolute Gasteiger partial charge is 0.246 e. The monoisotopic (exact) mass is 431 g/mol. The Balaban J connectivity index is 1.79. The van der Waals surface area contributed by atoms with E-state index in [1.807, 2.05) is 65.6 Å². The zero-order chi connectivity index (χ0) is 22.8. The van der Waals surface area contributed by atoms with Crippen molar-refractivity contribution < 1.29 is 19.0 Å². The Morgan fingerprint density at radius 1 is 0.812 bits per heavy atom. The lowest BCUT2D eigenvalue weighted by Crippen LogP contribution is -2.31. The lowest BCUT2D eigenvalue weighted by atomic mass is 10.1. The number of hydrogen-bond donors (Lipinski definition) is 0. The minimum Gasteiger partial charge on any atom is -0.493 e. The van der Waals surface area contributed by atoms with Crippen LogP contribution in [0.3, 0.4) is 0 Å². The maximum Gasteiger partial charge on any atom is 0.246 e. The molecule has 0 N–H and O–H groups in total. The number of benzene rings is 3. The molecule has 0 aromatic heterocycles. The van der Waals surface area contributed by atoms with Gasteiger partial charge in [-0.1, -0.05) is 60.7 Å². The molecule has 166 valence electrons. The van der Waals surface area contributed by atoms with Gasteiger partial charge in [-0.05, 0) is 41.3 Å². The second-order valence-electron chi connectivity index (χ2n) is 7.27. The average molecular weight is 432 g/mol. The van der Waals surface area contributed by atoms with Crippen molar-refractivity contribution in [3.63, 3.8) is 0 Å². The van der Waals surface area contributed by atoms with Crippen molar-refractivity contribution in [2.45, 2.75) is 13.0 Å². The third kappa shape index (κ3) is 6.14. The van der Waals surface area contributed by atoms with Crippen LogP contribution in [0.5, 0.6) is 17.2 Å². The van der Waals surface area contributed by atoms with Gasteiger partial charge in [0.25, 0.3) is 0 Å². The summed E-state index contributed by atoms with van der Waals surface area (Å²) in [6.07, 6.45) is 4.15. The SMILES string of the molecule is COc1cc(/C=C/C(=O)N(CCc2ccccc2)Cc2ccccc2)cc(OC)c1OC. The fourth-order valence-electron chi connectivity index (χ4n) is 3.45. The summed E-state index contributed by atoms with van der Waals surface area (Å²) < 4.78 is 16.2. The van der Waals surface area contributed by atoms with E-state index in [0.29, 0.717) is 30.3 Å². The van der Waals surface area contributed by atoms with Crippen LogP contribution in [0.1, 0.15) is 16.7 Å². The quantitative estimate of drug-likeness (QED) is 0.424. The zero-order valence-electron chi connectivity index (χ0n) is 18.8. The molecule has 0 fully saturated rings. The summed E-state index contributed by atoms with van der Waals surface area (Å²) in [5.74, 6) is 1.55. The minimum absolute atomic E-state index is 0.0569. The molecule has 0 atom stereocenters. The van der Waals surface area contributed by atoms with Crippen molar-refractivity contribution in [1.82, 2.24) is 4.90 Å². The molecule has 0 aliphatic carbocycles. The summed E-state index contributed by atoms with van der Waals surface area (Å²) in [4.78, 5) is 15.0. The number of ether oxygens (including phenoxy) is 3. The standard InChI is InChI=1S/C27H29NO4/c1-30-24-18-23(19-25(31-2)27(24)32-3)14-15-26(29)28(20-22-12-8-5-9-13-22)17-16-21-10-6-4-7-11-21/h4-15,18-19H,16-17,20H2,1-3H3/b15-14+. The molecule has 0 bridgehead atoms. The van der Waals surface area contributed by atoms with Gasteiger partial charge in [0.1, 0.15) is 0 Å². The maximum atomic E-state index is 13.1. The molecule has 0 radical (unpaired) electrons. The number of methoxy groups -OCH3 is 3. The fraction of sp³-hybridized carbons (Fsp3) is 0.222. The summed E-state index contributed by atoms with van der Waals surface area (Å²) in [6.45, 7) is 1.17. The molecule has 0 saturated carbocycles. The van der Waals surface area contributed by atoms with Gasteiger partial charge in [-0.25, -0.2) is 0 Å². The minimum atomic E-state index is -0.0569. The highest BCUT2D eigenvalue weighted by Gasteiger charge is 2.14. The Labute approximate surface area is 189 Å². The number of carbonyl (C=O) groups excluding carboxylic acids is 1. The molecule has 0 aliphatic rings. The van der Waals surface area contributed by atoms with E-state index in [1.54, 1.807) is 33.5 Å². The molecule has 0 aliphatic heterocycles. The normalized spacial score (nSPS) is 10.7. The lowest BCUT2D eigenvalue weighted by Gasteiger charge is -2.21. The van der Waals surface area contributed by atoms with E-state index in [9.17, 15) is 4.79 Å². The first-order valence-electron chi connectivity index (χ1n) is 10.5. The fourth-order valence-corrected chi connectivity index (χ4v) is 3.45.